The Balaban J connectivity index is 1.05. The summed E-state index contributed by atoms with van der Waals surface area (Å²) in [6, 6.07) is 19.3. The molecule has 1 saturated heterocycles. The molecule has 0 bridgehead atoms. The van der Waals surface area contributed by atoms with Gasteiger partial charge in [0.25, 0.3) is 11.8 Å². The number of ether oxygens (including phenoxy) is 2. The average molecular weight is 760 g/mol. The Hall–Kier alpha value is -5.28. The largest absolute Gasteiger partial charge is 0.484 e. The highest BCUT2D eigenvalue weighted by Crippen LogP contribution is 2.33. The summed E-state index contributed by atoms with van der Waals surface area (Å²) in [5.41, 5.74) is 1.48. The normalized spacial score (nSPS) is 14.0. The molecule has 1 aliphatic rings. The first kappa shape index (κ1) is 37.5. The summed E-state index contributed by atoms with van der Waals surface area (Å²) in [6.07, 6.45) is -7.61. The van der Waals surface area contributed by atoms with Gasteiger partial charge < -0.3 is 23.8 Å². The van der Waals surface area contributed by atoms with E-state index in [0.29, 0.717) is 55.9 Å². The number of hydrogen-bond donors (Lipinski definition) is 0. The van der Waals surface area contributed by atoms with E-state index in [4.69, 9.17) is 21.1 Å². The van der Waals surface area contributed by atoms with E-state index in [1.165, 1.54) is 30.3 Å². The second kappa shape index (κ2) is 15.0. The van der Waals surface area contributed by atoms with Gasteiger partial charge in [-0.15, -0.1) is 0 Å². The number of alkyl halides is 6. The van der Waals surface area contributed by atoms with Crippen LogP contribution in [0.2, 0.25) is 5.02 Å². The number of anilines is 1. The number of pyridine rings is 1. The van der Waals surface area contributed by atoms with Gasteiger partial charge in [0.2, 0.25) is 5.88 Å². The molecule has 5 aromatic rings. The first-order valence-electron chi connectivity index (χ1n) is 16.2. The maximum Gasteiger partial charge on any atom is 0.422 e. The third kappa shape index (κ3) is 8.86. The SMILES string of the molecule is CN(C(=O)c1ccc(C(F)(F)F)cc1Cl)c1ccc(Oc2ccc3cc(C(=O)N4CCN(Cc5ccc(OCC(F)(F)F)cc5)CC4)n(C)c3c2)nc1. The van der Waals surface area contributed by atoms with Crippen LogP contribution in [-0.2, 0) is 19.8 Å². The minimum atomic E-state index is -4.59. The minimum Gasteiger partial charge on any atom is -0.484 e. The predicted molar refractivity (Wildman–Crippen MR) is 186 cm³/mol. The Labute approximate surface area is 304 Å². The van der Waals surface area contributed by atoms with Crippen LogP contribution in [-0.4, -0.2) is 77.2 Å². The van der Waals surface area contributed by atoms with Gasteiger partial charge in [-0.05, 0) is 60.2 Å². The van der Waals surface area contributed by atoms with Crippen LogP contribution in [0.4, 0.5) is 32.0 Å². The number of aromatic nitrogens is 2. The number of rotatable bonds is 9. The molecule has 0 atom stereocenters. The summed E-state index contributed by atoms with van der Waals surface area (Å²) in [6.45, 7) is 1.49. The molecule has 0 N–H and O–H groups in total. The van der Waals surface area contributed by atoms with Gasteiger partial charge in [0.1, 0.15) is 17.2 Å². The smallest absolute Gasteiger partial charge is 0.422 e. The lowest BCUT2D eigenvalue weighted by atomic mass is 10.1. The number of piperazine rings is 1. The molecule has 16 heteroatoms. The fourth-order valence-electron chi connectivity index (χ4n) is 5.88. The molecule has 0 radical (unpaired) electrons. The van der Waals surface area contributed by atoms with E-state index < -0.39 is 30.4 Å². The minimum absolute atomic E-state index is 0.0958. The van der Waals surface area contributed by atoms with E-state index in [1.54, 1.807) is 52.9 Å². The van der Waals surface area contributed by atoms with Crippen molar-refractivity contribution >= 4 is 40.0 Å². The Kier molecular flexibility index (Phi) is 10.6. The molecular formula is C37H32ClF6N5O4. The van der Waals surface area contributed by atoms with Crippen molar-refractivity contribution in [1.82, 2.24) is 19.4 Å². The van der Waals surface area contributed by atoms with Gasteiger partial charge in [-0.2, -0.15) is 26.3 Å². The molecule has 2 amide bonds. The highest BCUT2D eigenvalue weighted by Gasteiger charge is 2.32. The molecule has 0 saturated carbocycles. The van der Waals surface area contributed by atoms with Crippen LogP contribution in [0.5, 0.6) is 17.4 Å². The van der Waals surface area contributed by atoms with Gasteiger partial charge in [-0.3, -0.25) is 14.5 Å². The average Bonchev–Trinajstić information content (AvgIpc) is 3.45. The quantitative estimate of drug-likeness (QED) is 0.141. The Morgan fingerprint density at radius 1 is 0.868 bits per heavy atom. The maximum atomic E-state index is 13.6. The van der Waals surface area contributed by atoms with Crippen molar-refractivity contribution in [2.45, 2.75) is 18.9 Å². The molecule has 0 aliphatic carbocycles. The molecule has 3 aromatic carbocycles. The van der Waals surface area contributed by atoms with E-state index in [2.05, 4.69) is 9.88 Å². The Morgan fingerprint density at radius 2 is 1.57 bits per heavy atom. The van der Waals surface area contributed by atoms with Crippen LogP contribution in [0.15, 0.2) is 85.1 Å². The number of halogens is 7. The van der Waals surface area contributed by atoms with Crippen LogP contribution in [0.3, 0.4) is 0 Å². The number of carbonyl (C=O) groups excluding carboxylic acids is 2. The van der Waals surface area contributed by atoms with Gasteiger partial charge in [-0.25, -0.2) is 4.98 Å². The molecular weight excluding hydrogens is 728 g/mol. The first-order chi connectivity index (χ1) is 25.1. The van der Waals surface area contributed by atoms with Crippen LogP contribution in [0, 0.1) is 0 Å². The van der Waals surface area contributed by atoms with Crippen LogP contribution in [0.25, 0.3) is 10.9 Å². The maximum absolute atomic E-state index is 13.6. The number of benzene rings is 3. The summed E-state index contributed by atoms with van der Waals surface area (Å²) in [5, 5.41) is 0.504. The van der Waals surface area contributed by atoms with Crippen molar-refractivity contribution in [3.63, 3.8) is 0 Å². The van der Waals surface area contributed by atoms with Gasteiger partial charge >= 0.3 is 12.4 Å². The van der Waals surface area contributed by atoms with Gasteiger partial charge in [-0.1, -0.05) is 23.7 Å². The van der Waals surface area contributed by atoms with Gasteiger partial charge in [0.15, 0.2) is 6.61 Å². The molecule has 0 unspecified atom stereocenters. The molecule has 278 valence electrons. The molecule has 2 aromatic heterocycles. The van der Waals surface area contributed by atoms with E-state index in [9.17, 15) is 35.9 Å². The monoisotopic (exact) mass is 759 g/mol. The zero-order valence-electron chi connectivity index (χ0n) is 28.3. The van der Waals surface area contributed by atoms with Crippen molar-refractivity contribution in [2.75, 3.05) is 44.7 Å². The molecule has 0 spiro atoms. The van der Waals surface area contributed by atoms with Gasteiger partial charge in [0, 0.05) is 64.3 Å². The number of hydrogen-bond acceptors (Lipinski definition) is 6. The molecule has 53 heavy (non-hydrogen) atoms. The topological polar surface area (TPSA) is 80.1 Å². The number of fused-ring (bicyclic) bond motifs is 1. The zero-order valence-corrected chi connectivity index (χ0v) is 29.1. The lowest BCUT2D eigenvalue weighted by Gasteiger charge is -2.34. The number of aryl methyl sites for hydroxylation is 1. The first-order valence-corrected chi connectivity index (χ1v) is 16.6. The fourth-order valence-corrected chi connectivity index (χ4v) is 6.14. The number of amides is 2. The fraction of sp³-hybridized carbons (Fsp3) is 0.270. The second-order valence-electron chi connectivity index (χ2n) is 12.4. The molecule has 1 aliphatic heterocycles. The highest BCUT2D eigenvalue weighted by atomic mass is 35.5. The van der Waals surface area contributed by atoms with Crippen LogP contribution < -0.4 is 14.4 Å². The lowest BCUT2D eigenvalue weighted by Crippen LogP contribution is -2.48. The molecule has 9 nitrogen and oxygen atoms in total. The molecule has 1 fully saturated rings. The third-order valence-electron chi connectivity index (χ3n) is 8.79. The van der Waals surface area contributed by atoms with E-state index >= 15 is 0 Å². The summed E-state index contributed by atoms with van der Waals surface area (Å²) < 4.78 is 88.8. The van der Waals surface area contributed by atoms with E-state index in [0.717, 1.165) is 28.6 Å². The van der Waals surface area contributed by atoms with Crippen molar-refractivity contribution in [3.8, 4) is 17.4 Å². The second-order valence-corrected chi connectivity index (χ2v) is 12.8. The van der Waals surface area contributed by atoms with Crippen molar-refractivity contribution < 1.29 is 45.4 Å². The van der Waals surface area contributed by atoms with Crippen LogP contribution >= 0.6 is 11.6 Å². The standard InChI is InChI=1S/C37H32ClF6N5O4/c1-46(34(50)29-11-6-25(18-30(29)38)37(42,43)44)26-7-12-33(45-20-26)53-28-10-5-24-17-32(47(2)31(24)19-28)35(51)49-15-13-48(14-16-49)21-23-3-8-27(9-4-23)52-22-36(39,40)41/h3-12,17-20H,13-16,21-22H2,1-2H3. The summed E-state index contributed by atoms with van der Waals surface area (Å²) >= 11 is 6.01. The summed E-state index contributed by atoms with van der Waals surface area (Å²) in [5.74, 6) is 0.0767. The lowest BCUT2D eigenvalue weighted by molar-refractivity contribution is -0.153. The number of nitrogens with zero attached hydrogens (tertiary/aromatic N) is 5. The predicted octanol–water partition coefficient (Wildman–Crippen LogP) is 8.21. The van der Waals surface area contributed by atoms with Crippen molar-refractivity contribution in [1.29, 1.82) is 0 Å². The van der Waals surface area contributed by atoms with E-state index in [1.807, 2.05) is 12.1 Å². The molecule has 6 rings (SSSR count). The third-order valence-corrected chi connectivity index (χ3v) is 9.10. The van der Waals surface area contributed by atoms with Crippen molar-refractivity contribution in [3.05, 3.63) is 112 Å². The van der Waals surface area contributed by atoms with Crippen LogP contribution in [0.1, 0.15) is 32.0 Å². The molecule has 3 heterocycles. The van der Waals surface area contributed by atoms with Crippen molar-refractivity contribution in [2.24, 2.45) is 7.05 Å². The zero-order chi connectivity index (χ0) is 38.1. The van der Waals surface area contributed by atoms with Gasteiger partial charge in [0.05, 0.1) is 33.6 Å². The van der Waals surface area contributed by atoms with E-state index in [-0.39, 0.29) is 28.1 Å². The Bertz CT molecular complexity index is 2110. The highest BCUT2D eigenvalue weighted by molar-refractivity contribution is 6.34. The number of carbonyl (C=O) groups is 2. The summed E-state index contributed by atoms with van der Waals surface area (Å²) in [7, 11) is 3.24. The Morgan fingerprint density at radius 3 is 2.19 bits per heavy atom. The summed E-state index contributed by atoms with van der Waals surface area (Å²) in [4.78, 5) is 36.0.